The first-order valence-electron chi connectivity index (χ1n) is 8.61. The third-order valence-corrected chi connectivity index (χ3v) is 4.93. The molecule has 136 valence electrons. The van der Waals surface area contributed by atoms with Gasteiger partial charge in [0.2, 0.25) is 0 Å². The third-order valence-electron chi connectivity index (χ3n) is 4.67. The van der Waals surface area contributed by atoms with E-state index in [-0.39, 0.29) is 17.9 Å². The fraction of sp³-hybridized carbons (Fsp3) is 0.389. The standard InChI is InChI=1S/C18H19ClN4O3/c19-12-3-1-11(2-4-12)16(24)18(26)22-7-8-23-14(10-22)9-15(21-23)17(25)20-13-5-6-13/h1-4,9,13,16,24H,5-8,10H2,(H,20,25)/t16-/m0/s1. The summed E-state index contributed by atoms with van der Waals surface area (Å²) in [5.74, 6) is -0.544. The van der Waals surface area contributed by atoms with Crippen molar-refractivity contribution in [2.75, 3.05) is 6.54 Å². The minimum absolute atomic E-state index is 0.173. The van der Waals surface area contributed by atoms with Crippen molar-refractivity contribution in [2.45, 2.75) is 38.1 Å². The highest BCUT2D eigenvalue weighted by Gasteiger charge is 2.30. The van der Waals surface area contributed by atoms with E-state index in [1.54, 1.807) is 39.9 Å². The average Bonchev–Trinajstić information content (AvgIpc) is 3.35. The van der Waals surface area contributed by atoms with E-state index in [1.165, 1.54) is 0 Å². The van der Waals surface area contributed by atoms with Gasteiger partial charge in [0.1, 0.15) is 0 Å². The van der Waals surface area contributed by atoms with Crippen LogP contribution in [0.3, 0.4) is 0 Å². The van der Waals surface area contributed by atoms with Gasteiger partial charge in [-0.3, -0.25) is 14.3 Å². The van der Waals surface area contributed by atoms with E-state index in [2.05, 4.69) is 10.4 Å². The lowest BCUT2D eigenvalue weighted by molar-refractivity contribution is -0.142. The summed E-state index contributed by atoms with van der Waals surface area (Å²) in [6.45, 7) is 1.24. The maximum absolute atomic E-state index is 12.6. The van der Waals surface area contributed by atoms with E-state index in [0.717, 1.165) is 18.5 Å². The maximum atomic E-state index is 12.6. The molecule has 1 fully saturated rings. The Labute approximate surface area is 155 Å². The highest BCUT2D eigenvalue weighted by Crippen LogP contribution is 2.23. The van der Waals surface area contributed by atoms with Crippen LogP contribution in [0, 0.1) is 0 Å². The Bertz CT molecular complexity index is 845. The van der Waals surface area contributed by atoms with Gasteiger partial charge in [0, 0.05) is 17.6 Å². The van der Waals surface area contributed by atoms with Crippen molar-refractivity contribution in [3.63, 3.8) is 0 Å². The van der Waals surface area contributed by atoms with Gasteiger partial charge in [-0.2, -0.15) is 5.10 Å². The number of aromatic nitrogens is 2. The van der Waals surface area contributed by atoms with Crippen LogP contribution in [-0.4, -0.2) is 44.2 Å². The summed E-state index contributed by atoms with van der Waals surface area (Å²) in [6.07, 6.45) is 0.799. The first-order chi connectivity index (χ1) is 12.5. The van der Waals surface area contributed by atoms with Gasteiger partial charge in [0.05, 0.1) is 18.8 Å². The number of hydrogen-bond acceptors (Lipinski definition) is 4. The highest BCUT2D eigenvalue weighted by atomic mass is 35.5. The summed E-state index contributed by atoms with van der Waals surface area (Å²) in [5, 5.41) is 18.1. The zero-order chi connectivity index (χ0) is 18.3. The number of hydrogen-bond donors (Lipinski definition) is 2. The van der Waals surface area contributed by atoms with Crippen LogP contribution < -0.4 is 5.32 Å². The number of fused-ring (bicyclic) bond motifs is 1. The lowest BCUT2D eigenvalue weighted by Gasteiger charge is -2.29. The molecule has 1 aliphatic heterocycles. The summed E-state index contributed by atoms with van der Waals surface area (Å²) in [5.41, 5.74) is 1.66. The minimum atomic E-state index is -1.24. The Morgan fingerprint density at radius 2 is 1.96 bits per heavy atom. The largest absolute Gasteiger partial charge is 0.378 e. The number of carbonyl (C=O) groups is 2. The van der Waals surface area contributed by atoms with Crippen molar-refractivity contribution in [2.24, 2.45) is 0 Å². The SMILES string of the molecule is O=C(NC1CC1)c1cc2n(n1)CCN(C(=O)[C@@H](O)c1ccc(Cl)cc1)C2. The van der Waals surface area contributed by atoms with Gasteiger partial charge < -0.3 is 15.3 Å². The van der Waals surface area contributed by atoms with Crippen molar-refractivity contribution < 1.29 is 14.7 Å². The third kappa shape index (κ3) is 3.45. The van der Waals surface area contributed by atoms with Crippen molar-refractivity contribution in [3.8, 4) is 0 Å². The Kier molecular flexibility index (Phi) is 4.42. The summed E-state index contributed by atoms with van der Waals surface area (Å²) in [4.78, 5) is 26.3. The molecule has 2 N–H and O–H groups in total. The zero-order valence-corrected chi connectivity index (χ0v) is 14.8. The second kappa shape index (κ2) is 6.74. The summed E-state index contributed by atoms with van der Waals surface area (Å²) >= 11 is 5.84. The van der Waals surface area contributed by atoms with Gasteiger partial charge in [-0.25, -0.2) is 0 Å². The maximum Gasteiger partial charge on any atom is 0.272 e. The van der Waals surface area contributed by atoms with Gasteiger partial charge in [-0.1, -0.05) is 23.7 Å². The lowest BCUT2D eigenvalue weighted by atomic mass is 10.1. The molecule has 7 nitrogen and oxygen atoms in total. The zero-order valence-electron chi connectivity index (χ0n) is 14.1. The lowest BCUT2D eigenvalue weighted by Crippen LogP contribution is -2.41. The molecular formula is C18H19ClN4O3. The first kappa shape index (κ1) is 17.1. The molecule has 2 amide bonds. The molecule has 1 saturated carbocycles. The highest BCUT2D eigenvalue weighted by molar-refractivity contribution is 6.30. The molecule has 0 radical (unpaired) electrons. The van der Waals surface area contributed by atoms with E-state index in [4.69, 9.17) is 11.6 Å². The average molecular weight is 375 g/mol. The Morgan fingerprint density at radius 1 is 1.23 bits per heavy atom. The molecule has 1 aromatic carbocycles. The molecule has 1 aliphatic carbocycles. The van der Waals surface area contributed by atoms with Crippen molar-refractivity contribution in [3.05, 3.63) is 52.3 Å². The number of nitrogens with one attached hydrogen (secondary N) is 1. The molecule has 0 spiro atoms. The molecule has 26 heavy (non-hydrogen) atoms. The molecule has 2 aliphatic rings. The fourth-order valence-corrected chi connectivity index (χ4v) is 3.14. The van der Waals surface area contributed by atoms with Crippen LogP contribution in [0.1, 0.15) is 40.7 Å². The first-order valence-corrected chi connectivity index (χ1v) is 8.99. The van der Waals surface area contributed by atoms with E-state index >= 15 is 0 Å². The normalized spacial score (nSPS) is 17.5. The molecule has 1 aromatic heterocycles. The number of aliphatic hydroxyl groups excluding tert-OH is 1. The molecule has 2 aromatic rings. The molecule has 4 rings (SSSR count). The van der Waals surface area contributed by atoms with E-state index in [9.17, 15) is 14.7 Å². The molecule has 1 atom stereocenters. The Hall–Kier alpha value is -2.38. The number of amides is 2. The van der Waals surface area contributed by atoms with Crippen LogP contribution in [0.4, 0.5) is 0 Å². The Morgan fingerprint density at radius 3 is 2.65 bits per heavy atom. The van der Waals surface area contributed by atoms with Crippen molar-refractivity contribution in [1.29, 1.82) is 0 Å². The summed E-state index contributed by atoms with van der Waals surface area (Å²) in [7, 11) is 0. The number of halogens is 1. The van der Waals surface area contributed by atoms with Gasteiger partial charge >= 0.3 is 0 Å². The molecule has 0 saturated heterocycles. The topological polar surface area (TPSA) is 87.5 Å². The van der Waals surface area contributed by atoms with Crippen LogP contribution in [0.5, 0.6) is 0 Å². The quantitative estimate of drug-likeness (QED) is 0.849. The number of carbonyl (C=O) groups excluding carboxylic acids is 2. The number of rotatable bonds is 4. The molecule has 0 unspecified atom stereocenters. The van der Waals surface area contributed by atoms with Crippen LogP contribution in [0.2, 0.25) is 5.02 Å². The molecule has 2 heterocycles. The predicted molar refractivity (Wildman–Crippen MR) is 94.5 cm³/mol. The van der Waals surface area contributed by atoms with Crippen molar-refractivity contribution >= 4 is 23.4 Å². The van der Waals surface area contributed by atoms with E-state index in [0.29, 0.717) is 35.9 Å². The minimum Gasteiger partial charge on any atom is -0.378 e. The summed E-state index contributed by atoms with van der Waals surface area (Å²) < 4.78 is 1.75. The molecular weight excluding hydrogens is 356 g/mol. The second-order valence-corrected chi connectivity index (χ2v) is 7.14. The number of nitrogens with zero attached hydrogens (tertiary/aromatic N) is 3. The number of aliphatic hydroxyl groups is 1. The van der Waals surface area contributed by atoms with Gasteiger partial charge in [0.15, 0.2) is 11.8 Å². The van der Waals surface area contributed by atoms with Crippen LogP contribution in [0.25, 0.3) is 0 Å². The summed E-state index contributed by atoms with van der Waals surface area (Å²) in [6, 6.07) is 8.55. The van der Waals surface area contributed by atoms with Crippen LogP contribution in [-0.2, 0) is 17.9 Å². The van der Waals surface area contributed by atoms with Gasteiger partial charge in [0.25, 0.3) is 11.8 Å². The predicted octanol–water partition coefficient (Wildman–Crippen LogP) is 1.50. The second-order valence-electron chi connectivity index (χ2n) is 6.71. The number of benzene rings is 1. The van der Waals surface area contributed by atoms with Gasteiger partial charge in [-0.05, 0) is 36.6 Å². The van der Waals surface area contributed by atoms with Crippen molar-refractivity contribution in [1.82, 2.24) is 20.0 Å². The van der Waals surface area contributed by atoms with Crippen LogP contribution in [0.15, 0.2) is 30.3 Å². The monoisotopic (exact) mass is 374 g/mol. The smallest absolute Gasteiger partial charge is 0.272 e. The molecule has 8 heteroatoms. The molecule has 0 bridgehead atoms. The van der Waals surface area contributed by atoms with Crippen LogP contribution >= 0.6 is 11.6 Å². The van der Waals surface area contributed by atoms with E-state index in [1.807, 2.05) is 0 Å². The Balaban J connectivity index is 1.45. The van der Waals surface area contributed by atoms with E-state index < -0.39 is 6.10 Å². The van der Waals surface area contributed by atoms with Gasteiger partial charge in [-0.15, -0.1) is 0 Å². The fourth-order valence-electron chi connectivity index (χ4n) is 3.01.